The number of nitrogen functional groups attached to an aromatic ring is 1. The van der Waals surface area contributed by atoms with E-state index in [0.29, 0.717) is 11.4 Å². The van der Waals surface area contributed by atoms with Crippen molar-refractivity contribution in [3.63, 3.8) is 0 Å². The third kappa shape index (κ3) is 3.36. The summed E-state index contributed by atoms with van der Waals surface area (Å²) in [5.41, 5.74) is 8.72. The fraction of sp³-hybridized carbons (Fsp3) is 0.286. The van der Waals surface area contributed by atoms with Crippen LogP contribution in [0.1, 0.15) is 16.1 Å². The quantitative estimate of drug-likeness (QED) is 0.816. The monoisotopic (exact) mass is 369 g/mol. The Labute approximate surface area is 134 Å². The van der Waals surface area contributed by atoms with Gasteiger partial charge in [-0.15, -0.1) is 0 Å². The van der Waals surface area contributed by atoms with Crippen molar-refractivity contribution < 1.29 is 4.79 Å². The average molecular weight is 370 g/mol. The number of benzene rings is 1. The molecule has 1 aromatic heterocycles. The first kappa shape index (κ1) is 15.8. The van der Waals surface area contributed by atoms with E-state index >= 15 is 0 Å². The number of nitrogens with two attached hydrogens (primary N) is 1. The molecule has 112 valence electrons. The number of halogens is 1. The van der Waals surface area contributed by atoms with Crippen LogP contribution < -0.4 is 15.9 Å². The Hall–Kier alpha value is -1.60. The summed E-state index contributed by atoms with van der Waals surface area (Å²) in [5.74, 6) is -0.276. The van der Waals surface area contributed by atoms with E-state index in [2.05, 4.69) is 21.2 Å². The molecule has 0 atom stereocenters. The second-order valence-corrected chi connectivity index (χ2v) is 6.91. The van der Waals surface area contributed by atoms with Crippen molar-refractivity contribution in [1.29, 1.82) is 0 Å². The SMILES string of the molecule is Cc1cc(Br)cc(NC(=O)Cn2c(C)c(C)sc2=O)c1N. The predicted molar refractivity (Wildman–Crippen MR) is 90.0 cm³/mol. The Morgan fingerprint density at radius 3 is 2.62 bits per heavy atom. The number of amides is 1. The normalized spacial score (nSPS) is 10.7. The van der Waals surface area contributed by atoms with Crippen LogP contribution in [0.2, 0.25) is 0 Å². The maximum Gasteiger partial charge on any atom is 0.308 e. The highest BCUT2D eigenvalue weighted by atomic mass is 79.9. The maximum absolute atomic E-state index is 12.1. The third-order valence-electron chi connectivity index (χ3n) is 3.30. The Morgan fingerprint density at radius 1 is 1.38 bits per heavy atom. The molecule has 0 aliphatic rings. The second-order valence-electron chi connectivity index (χ2n) is 4.83. The van der Waals surface area contributed by atoms with Gasteiger partial charge in [-0.1, -0.05) is 27.3 Å². The first-order valence-corrected chi connectivity index (χ1v) is 7.93. The summed E-state index contributed by atoms with van der Waals surface area (Å²) in [7, 11) is 0. The molecule has 0 aliphatic heterocycles. The molecule has 2 aromatic rings. The van der Waals surface area contributed by atoms with Crippen molar-refractivity contribution in [1.82, 2.24) is 4.57 Å². The molecule has 7 heteroatoms. The number of thiazole rings is 1. The average Bonchev–Trinajstić information content (AvgIpc) is 2.62. The number of hydrogen-bond donors (Lipinski definition) is 2. The summed E-state index contributed by atoms with van der Waals surface area (Å²) < 4.78 is 2.31. The fourth-order valence-electron chi connectivity index (χ4n) is 1.96. The molecular weight excluding hydrogens is 354 g/mol. The van der Waals surface area contributed by atoms with Crippen LogP contribution in [0.5, 0.6) is 0 Å². The summed E-state index contributed by atoms with van der Waals surface area (Å²) in [5, 5.41) is 2.76. The number of nitrogens with one attached hydrogen (secondary N) is 1. The van der Waals surface area contributed by atoms with Crippen LogP contribution in [0, 0.1) is 20.8 Å². The number of anilines is 2. The topological polar surface area (TPSA) is 77.1 Å². The van der Waals surface area contributed by atoms with Gasteiger partial charge in [-0.2, -0.15) is 0 Å². The zero-order valence-corrected chi connectivity index (χ0v) is 14.4. The van der Waals surface area contributed by atoms with Gasteiger partial charge in [-0.05, 0) is 38.5 Å². The molecule has 0 spiro atoms. The van der Waals surface area contributed by atoms with E-state index in [4.69, 9.17) is 5.73 Å². The predicted octanol–water partition coefficient (Wildman–Crippen LogP) is 2.82. The molecule has 0 fully saturated rings. The Bertz CT molecular complexity index is 764. The number of hydrogen-bond acceptors (Lipinski definition) is 4. The summed E-state index contributed by atoms with van der Waals surface area (Å²) in [6.07, 6.45) is 0. The number of aryl methyl sites for hydroxylation is 2. The van der Waals surface area contributed by atoms with Gasteiger partial charge in [0.2, 0.25) is 5.91 Å². The standard InChI is InChI=1S/C14H16BrN3O2S/c1-7-4-10(15)5-11(13(7)16)17-12(19)6-18-8(2)9(3)21-14(18)20/h4-5H,6,16H2,1-3H3,(H,17,19). The summed E-state index contributed by atoms with van der Waals surface area (Å²) >= 11 is 4.52. The molecule has 1 aromatic carbocycles. The van der Waals surface area contributed by atoms with Gasteiger partial charge in [-0.25, -0.2) is 0 Å². The largest absolute Gasteiger partial charge is 0.397 e. The molecule has 0 radical (unpaired) electrons. The summed E-state index contributed by atoms with van der Waals surface area (Å²) in [6, 6.07) is 3.62. The van der Waals surface area contributed by atoms with Gasteiger partial charge in [0, 0.05) is 15.0 Å². The Kier molecular flexibility index (Phi) is 4.53. The molecule has 0 unspecified atom stereocenters. The number of nitrogens with zero attached hydrogens (tertiary/aromatic N) is 1. The minimum absolute atomic E-state index is 0.0139. The van der Waals surface area contributed by atoms with Crippen molar-refractivity contribution >= 4 is 44.5 Å². The highest BCUT2D eigenvalue weighted by Gasteiger charge is 2.13. The van der Waals surface area contributed by atoms with Crippen LogP contribution in [0.25, 0.3) is 0 Å². The number of rotatable bonds is 3. The molecule has 0 saturated heterocycles. The molecule has 0 aliphatic carbocycles. The van der Waals surface area contributed by atoms with Crippen molar-refractivity contribution in [2.45, 2.75) is 27.3 Å². The van der Waals surface area contributed by atoms with Gasteiger partial charge < -0.3 is 11.1 Å². The lowest BCUT2D eigenvalue weighted by Crippen LogP contribution is -2.25. The molecule has 3 N–H and O–H groups in total. The van der Waals surface area contributed by atoms with E-state index in [-0.39, 0.29) is 17.3 Å². The second kappa shape index (κ2) is 6.03. The molecule has 5 nitrogen and oxygen atoms in total. The fourth-order valence-corrected chi connectivity index (χ4v) is 3.36. The zero-order chi connectivity index (χ0) is 15.7. The lowest BCUT2D eigenvalue weighted by Gasteiger charge is -2.12. The number of carbonyl (C=O) groups is 1. The van der Waals surface area contributed by atoms with Gasteiger partial charge in [0.15, 0.2) is 0 Å². The minimum atomic E-state index is -0.276. The van der Waals surface area contributed by atoms with Crippen LogP contribution in [0.3, 0.4) is 0 Å². The molecule has 0 saturated carbocycles. The highest BCUT2D eigenvalue weighted by Crippen LogP contribution is 2.27. The highest BCUT2D eigenvalue weighted by molar-refractivity contribution is 9.10. The van der Waals surface area contributed by atoms with Gasteiger partial charge >= 0.3 is 4.87 Å². The van der Waals surface area contributed by atoms with Crippen LogP contribution in [-0.2, 0) is 11.3 Å². The van der Waals surface area contributed by atoms with Crippen LogP contribution in [0.15, 0.2) is 21.4 Å². The Morgan fingerprint density at radius 2 is 2.05 bits per heavy atom. The van der Waals surface area contributed by atoms with Gasteiger partial charge in [0.05, 0.1) is 11.4 Å². The maximum atomic E-state index is 12.1. The first-order valence-electron chi connectivity index (χ1n) is 6.32. The molecule has 1 heterocycles. The lowest BCUT2D eigenvalue weighted by atomic mass is 10.1. The van der Waals surface area contributed by atoms with Gasteiger partial charge in [-0.3, -0.25) is 14.2 Å². The van der Waals surface area contributed by atoms with Crippen molar-refractivity contribution in [3.05, 3.63) is 42.4 Å². The van der Waals surface area contributed by atoms with E-state index in [1.54, 1.807) is 6.07 Å². The van der Waals surface area contributed by atoms with E-state index < -0.39 is 0 Å². The first-order chi connectivity index (χ1) is 9.79. The minimum Gasteiger partial charge on any atom is -0.397 e. The van der Waals surface area contributed by atoms with Gasteiger partial charge in [0.25, 0.3) is 0 Å². The van der Waals surface area contributed by atoms with E-state index in [9.17, 15) is 9.59 Å². The van der Waals surface area contributed by atoms with Crippen molar-refractivity contribution in [2.75, 3.05) is 11.1 Å². The smallest absolute Gasteiger partial charge is 0.308 e. The summed E-state index contributed by atoms with van der Waals surface area (Å²) in [4.78, 5) is 24.7. The van der Waals surface area contributed by atoms with E-state index in [1.807, 2.05) is 26.8 Å². The molecule has 0 bridgehead atoms. The molecular formula is C14H16BrN3O2S. The third-order valence-corrected chi connectivity index (χ3v) is 4.76. The lowest BCUT2D eigenvalue weighted by molar-refractivity contribution is -0.116. The number of carbonyl (C=O) groups excluding carboxylic acids is 1. The number of aromatic nitrogens is 1. The van der Waals surface area contributed by atoms with Crippen LogP contribution in [-0.4, -0.2) is 10.5 Å². The molecule has 2 rings (SSSR count). The zero-order valence-electron chi connectivity index (χ0n) is 12.0. The molecule has 1 amide bonds. The van der Waals surface area contributed by atoms with Gasteiger partial charge in [0.1, 0.15) is 6.54 Å². The van der Waals surface area contributed by atoms with Crippen molar-refractivity contribution in [3.8, 4) is 0 Å². The van der Waals surface area contributed by atoms with Crippen LogP contribution in [0.4, 0.5) is 11.4 Å². The van der Waals surface area contributed by atoms with Crippen LogP contribution >= 0.6 is 27.3 Å². The van der Waals surface area contributed by atoms with E-state index in [1.165, 1.54) is 4.57 Å². The van der Waals surface area contributed by atoms with Crippen molar-refractivity contribution in [2.24, 2.45) is 0 Å². The molecule has 21 heavy (non-hydrogen) atoms. The Balaban J connectivity index is 2.21. The summed E-state index contributed by atoms with van der Waals surface area (Å²) in [6.45, 7) is 5.55. The van der Waals surface area contributed by atoms with E-state index in [0.717, 1.165) is 31.9 Å².